The highest BCUT2D eigenvalue weighted by molar-refractivity contribution is 6.37. The summed E-state index contributed by atoms with van der Waals surface area (Å²) >= 11 is 11.6. The third-order valence-corrected chi connectivity index (χ3v) is 2.77. The van der Waals surface area contributed by atoms with Crippen LogP contribution in [-0.4, -0.2) is 5.11 Å². The van der Waals surface area contributed by atoms with Gasteiger partial charge in [0.25, 0.3) is 0 Å². The average molecular weight is 285 g/mol. The van der Waals surface area contributed by atoms with Gasteiger partial charge in [0, 0.05) is 6.04 Å². The topological polar surface area (TPSA) is 46.2 Å². The molecule has 0 amide bonds. The first-order chi connectivity index (χ1) is 6.91. The molecule has 2 nitrogen and oxygen atoms in total. The van der Waals surface area contributed by atoms with Crippen LogP contribution in [0.25, 0.3) is 0 Å². The number of hydrogen-bond donors (Lipinski definition) is 2. The van der Waals surface area contributed by atoms with Crippen LogP contribution in [-0.2, 0) is 0 Å². The molecule has 0 aromatic heterocycles. The number of benzene rings is 1. The Balaban J connectivity index is 0.00000225. The average Bonchev–Trinajstić information content (AvgIpc) is 2.12. The summed E-state index contributed by atoms with van der Waals surface area (Å²) in [5.74, 6) is 0.421. The zero-order valence-corrected chi connectivity index (χ0v) is 11.5. The van der Waals surface area contributed by atoms with Gasteiger partial charge in [0.2, 0.25) is 0 Å². The van der Waals surface area contributed by atoms with Gasteiger partial charge >= 0.3 is 0 Å². The Morgan fingerprint density at radius 1 is 1.25 bits per heavy atom. The summed E-state index contributed by atoms with van der Waals surface area (Å²) < 4.78 is 0. The van der Waals surface area contributed by atoms with Gasteiger partial charge in [-0.1, -0.05) is 37.0 Å². The van der Waals surface area contributed by atoms with Crippen LogP contribution in [0.15, 0.2) is 12.1 Å². The molecule has 16 heavy (non-hydrogen) atoms. The van der Waals surface area contributed by atoms with Gasteiger partial charge in [-0.15, -0.1) is 12.4 Å². The Morgan fingerprint density at radius 2 is 1.69 bits per heavy atom. The summed E-state index contributed by atoms with van der Waals surface area (Å²) in [6.07, 6.45) is 0.859. The first-order valence-electron chi connectivity index (χ1n) is 4.85. The first kappa shape index (κ1) is 15.9. The number of halogens is 3. The molecule has 0 aliphatic rings. The van der Waals surface area contributed by atoms with Gasteiger partial charge in [-0.25, -0.2) is 0 Å². The van der Waals surface area contributed by atoms with E-state index < -0.39 is 0 Å². The predicted molar refractivity (Wildman–Crippen MR) is 71.8 cm³/mol. The van der Waals surface area contributed by atoms with Crippen molar-refractivity contribution in [2.45, 2.75) is 26.3 Å². The summed E-state index contributed by atoms with van der Waals surface area (Å²) in [5.41, 5.74) is 6.84. The second-order valence-electron chi connectivity index (χ2n) is 4.07. The van der Waals surface area contributed by atoms with Crippen LogP contribution in [0.2, 0.25) is 10.0 Å². The molecule has 0 aliphatic carbocycles. The van der Waals surface area contributed by atoms with Crippen molar-refractivity contribution in [1.29, 1.82) is 0 Å². The molecule has 92 valence electrons. The minimum Gasteiger partial charge on any atom is -0.505 e. The van der Waals surface area contributed by atoms with Crippen LogP contribution in [0, 0.1) is 5.92 Å². The Labute approximate surface area is 112 Å². The largest absolute Gasteiger partial charge is 0.505 e. The zero-order chi connectivity index (χ0) is 11.6. The molecule has 0 fully saturated rings. The molecule has 0 aliphatic heterocycles. The third kappa shape index (κ3) is 4.02. The van der Waals surface area contributed by atoms with Crippen molar-refractivity contribution in [3.8, 4) is 5.75 Å². The summed E-state index contributed by atoms with van der Waals surface area (Å²) in [6, 6.07) is 3.23. The van der Waals surface area contributed by atoms with E-state index in [1.165, 1.54) is 0 Å². The Kier molecular flexibility index (Phi) is 6.49. The molecule has 3 N–H and O–H groups in total. The lowest BCUT2D eigenvalue weighted by Gasteiger charge is -2.15. The quantitative estimate of drug-likeness (QED) is 0.875. The highest BCUT2D eigenvalue weighted by Gasteiger charge is 2.13. The van der Waals surface area contributed by atoms with Gasteiger partial charge in [-0.05, 0) is 30.0 Å². The standard InChI is InChI=1S/C11H15Cl2NO.ClH/c1-6(2)3-10(14)7-4-8(12)11(15)9(13)5-7;/h4-6,10,15H,3,14H2,1-2H3;1H/t10-;/m0./s1. The maximum absolute atomic E-state index is 9.39. The van der Waals surface area contributed by atoms with Crippen molar-refractivity contribution in [2.24, 2.45) is 11.7 Å². The van der Waals surface area contributed by atoms with E-state index in [1.54, 1.807) is 12.1 Å². The van der Waals surface area contributed by atoms with E-state index in [1.807, 2.05) is 0 Å². The van der Waals surface area contributed by atoms with E-state index in [9.17, 15) is 5.11 Å². The van der Waals surface area contributed by atoms with Gasteiger partial charge in [0.1, 0.15) is 0 Å². The molecule has 1 atom stereocenters. The second kappa shape index (κ2) is 6.55. The molecule has 5 heteroatoms. The lowest BCUT2D eigenvalue weighted by atomic mass is 9.98. The Morgan fingerprint density at radius 3 is 2.06 bits per heavy atom. The summed E-state index contributed by atoms with van der Waals surface area (Å²) in [7, 11) is 0. The van der Waals surface area contributed by atoms with Crippen LogP contribution in [0.3, 0.4) is 0 Å². The number of rotatable bonds is 3. The fraction of sp³-hybridized carbons (Fsp3) is 0.455. The lowest BCUT2D eigenvalue weighted by Crippen LogP contribution is -2.12. The van der Waals surface area contributed by atoms with E-state index in [2.05, 4.69) is 13.8 Å². The summed E-state index contributed by atoms with van der Waals surface area (Å²) in [6.45, 7) is 4.20. The number of aromatic hydroxyl groups is 1. The molecule has 0 radical (unpaired) electrons. The van der Waals surface area contributed by atoms with Crippen molar-refractivity contribution in [3.63, 3.8) is 0 Å². The molecule has 1 aromatic carbocycles. The molecule has 0 saturated carbocycles. The summed E-state index contributed by atoms with van der Waals surface area (Å²) in [4.78, 5) is 0. The van der Waals surface area contributed by atoms with Gasteiger partial charge in [-0.2, -0.15) is 0 Å². The Bertz CT molecular complexity index is 332. The van der Waals surface area contributed by atoms with E-state index in [4.69, 9.17) is 28.9 Å². The minimum absolute atomic E-state index is 0. The lowest BCUT2D eigenvalue weighted by molar-refractivity contribution is 0.474. The van der Waals surface area contributed by atoms with Gasteiger partial charge < -0.3 is 10.8 Å². The summed E-state index contributed by atoms with van der Waals surface area (Å²) in [5, 5.41) is 9.88. The number of nitrogens with two attached hydrogens (primary N) is 1. The number of phenols is 1. The van der Waals surface area contributed by atoms with Gasteiger partial charge in [0.15, 0.2) is 5.75 Å². The highest BCUT2D eigenvalue weighted by atomic mass is 35.5. The fourth-order valence-corrected chi connectivity index (χ4v) is 1.95. The normalized spacial score (nSPS) is 12.4. The van der Waals surface area contributed by atoms with E-state index >= 15 is 0 Å². The maximum atomic E-state index is 9.39. The first-order valence-corrected chi connectivity index (χ1v) is 5.61. The van der Waals surface area contributed by atoms with Crippen LogP contribution >= 0.6 is 35.6 Å². The molecule has 1 aromatic rings. The molecular weight excluding hydrogens is 268 g/mol. The molecule has 0 spiro atoms. The van der Waals surface area contributed by atoms with Crippen LogP contribution < -0.4 is 5.73 Å². The Hall–Kier alpha value is -0.150. The number of hydrogen-bond acceptors (Lipinski definition) is 2. The SMILES string of the molecule is CC(C)C[C@H](N)c1cc(Cl)c(O)c(Cl)c1.Cl. The molecular formula is C11H16Cl3NO. The maximum Gasteiger partial charge on any atom is 0.152 e. The minimum atomic E-state index is -0.0967. The number of phenolic OH excluding ortho intramolecular Hbond substituents is 1. The molecule has 0 unspecified atom stereocenters. The van der Waals surface area contributed by atoms with Gasteiger partial charge in [-0.3, -0.25) is 0 Å². The fourth-order valence-electron chi connectivity index (χ4n) is 1.44. The molecule has 0 heterocycles. The van der Waals surface area contributed by atoms with Crippen LogP contribution in [0.1, 0.15) is 31.9 Å². The molecule has 0 bridgehead atoms. The molecule has 0 saturated heterocycles. The van der Waals surface area contributed by atoms with Crippen molar-refractivity contribution >= 4 is 35.6 Å². The van der Waals surface area contributed by atoms with E-state index in [-0.39, 0.29) is 34.2 Å². The van der Waals surface area contributed by atoms with E-state index in [0.717, 1.165) is 12.0 Å². The van der Waals surface area contributed by atoms with E-state index in [0.29, 0.717) is 5.92 Å². The smallest absolute Gasteiger partial charge is 0.152 e. The van der Waals surface area contributed by atoms with Crippen molar-refractivity contribution < 1.29 is 5.11 Å². The van der Waals surface area contributed by atoms with Crippen LogP contribution in [0.5, 0.6) is 5.75 Å². The molecule has 1 rings (SSSR count). The monoisotopic (exact) mass is 283 g/mol. The van der Waals surface area contributed by atoms with Crippen molar-refractivity contribution in [2.75, 3.05) is 0 Å². The van der Waals surface area contributed by atoms with Gasteiger partial charge in [0.05, 0.1) is 10.0 Å². The predicted octanol–water partition coefficient (Wildman–Crippen LogP) is 4.17. The van der Waals surface area contributed by atoms with Crippen molar-refractivity contribution in [1.82, 2.24) is 0 Å². The third-order valence-electron chi connectivity index (χ3n) is 2.19. The second-order valence-corrected chi connectivity index (χ2v) is 4.88. The van der Waals surface area contributed by atoms with Crippen molar-refractivity contribution in [3.05, 3.63) is 27.7 Å². The zero-order valence-electron chi connectivity index (χ0n) is 9.21. The highest BCUT2D eigenvalue weighted by Crippen LogP contribution is 2.35. The van der Waals surface area contributed by atoms with Crippen LogP contribution in [0.4, 0.5) is 0 Å².